The number of methoxy groups -OCH3 is 1. The Hall–Kier alpha value is -3.14. The van der Waals surface area contributed by atoms with Gasteiger partial charge < -0.3 is 24.3 Å². The highest BCUT2D eigenvalue weighted by molar-refractivity contribution is 7.14. The third-order valence-electron chi connectivity index (χ3n) is 5.58. The number of halogens is 1. The highest BCUT2D eigenvalue weighted by Gasteiger charge is 2.37. The van der Waals surface area contributed by atoms with Crippen molar-refractivity contribution in [1.82, 2.24) is 14.8 Å². The van der Waals surface area contributed by atoms with E-state index in [0.29, 0.717) is 29.7 Å². The summed E-state index contributed by atoms with van der Waals surface area (Å²) < 4.78 is 11.4. The first-order chi connectivity index (χ1) is 16.4. The maximum atomic E-state index is 13.2. The molecule has 1 saturated heterocycles. The van der Waals surface area contributed by atoms with E-state index in [1.807, 2.05) is 24.3 Å². The molecule has 0 bridgehead atoms. The summed E-state index contributed by atoms with van der Waals surface area (Å²) in [4.78, 5) is 43.2. The second-order valence-corrected chi connectivity index (χ2v) is 9.37. The lowest BCUT2D eigenvalue weighted by atomic mass is 10.0. The quantitative estimate of drug-likeness (QED) is 0.512. The second-order valence-electron chi connectivity index (χ2n) is 7.83. The molecule has 0 aliphatic carbocycles. The first-order valence-electron chi connectivity index (χ1n) is 10.7. The standard InChI is InChI=1S/C24H24ClN3O5S/c1-32-13-20-24(31)27(8-9-28(20)23(30)14-33-19-10-21(25)34-15-19)12-16-2-4-17(5-3-16)18-6-7-22(29)26-11-18/h2-7,10-11,15,20H,8-9,12-14H2,1H3,(H,26,29). The van der Waals surface area contributed by atoms with Gasteiger partial charge in [-0.15, -0.1) is 11.3 Å². The molecule has 178 valence electrons. The Bertz CT molecular complexity index is 1190. The van der Waals surface area contributed by atoms with Crippen LogP contribution in [0.1, 0.15) is 5.56 Å². The summed E-state index contributed by atoms with van der Waals surface area (Å²) >= 11 is 7.22. The lowest BCUT2D eigenvalue weighted by molar-refractivity contribution is -0.155. The monoisotopic (exact) mass is 501 g/mol. The van der Waals surface area contributed by atoms with Gasteiger partial charge in [0.15, 0.2) is 6.61 Å². The lowest BCUT2D eigenvalue weighted by Gasteiger charge is -2.40. The van der Waals surface area contributed by atoms with Gasteiger partial charge >= 0.3 is 0 Å². The van der Waals surface area contributed by atoms with Gasteiger partial charge in [0.25, 0.3) is 5.91 Å². The van der Waals surface area contributed by atoms with Crippen LogP contribution in [0, 0.1) is 0 Å². The van der Waals surface area contributed by atoms with E-state index in [1.165, 1.54) is 29.4 Å². The molecular weight excluding hydrogens is 478 g/mol. The molecule has 1 N–H and O–H groups in total. The largest absolute Gasteiger partial charge is 0.483 e. The van der Waals surface area contributed by atoms with E-state index in [1.54, 1.807) is 28.6 Å². The number of rotatable bonds is 8. The van der Waals surface area contributed by atoms with Crippen molar-refractivity contribution in [3.63, 3.8) is 0 Å². The van der Waals surface area contributed by atoms with Crippen LogP contribution in [-0.4, -0.2) is 66.1 Å². The number of pyridine rings is 1. The van der Waals surface area contributed by atoms with Crippen LogP contribution in [0.25, 0.3) is 11.1 Å². The molecule has 1 atom stereocenters. The van der Waals surface area contributed by atoms with E-state index in [2.05, 4.69) is 4.98 Å². The fourth-order valence-electron chi connectivity index (χ4n) is 3.82. The molecule has 8 nitrogen and oxygen atoms in total. The number of piperazine rings is 1. The Kier molecular flexibility index (Phi) is 7.66. The summed E-state index contributed by atoms with van der Waals surface area (Å²) in [5.74, 6) is 0.0919. The van der Waals surface area contributed by atoms with Gasteiger partial charge in [0, 0.05) is 50.5 Å². The zero-order valence-corrected chi connectivity index (χ0v) is 20.1. The zero-order chi connectivity index (χ0) is 24.1. The van der Waals surface area contributed by atoms with Crippen molar-refractivity contribution in [1.29, 1.82) is 0 Å². The van der Waals surface area contributed by atoms with Crippen molar-refractivity contribution in [2.45, 2.75) is 12.6 Å². The van der Waals surface area contributed by atoms with Crippen molar-refractivity contribution in [3.05, 3.63) is 74.3 Å². The number of aromatic nitrogens is 1. The number of ether oxygens (including phenoxy) is 2. The molecule has 0 radical (unpaired) electrons. The smallest absolute Gasteiger partial charge is 0.261 e. The van der Waals surface area contributed by atoms with Crippen molar-refractivity contribution in [2.75, 3.05) is 33.4 Å². The number of amides is 2. The normalized spacial score (nSPS) is 16.1. The number of benzene rings is 1. The molecule has 34 heavy (non-hydrogen) atoms. The molecule has 3 aromatic rings. The topological polar surface area (TPSA) is 91.9 Å². The Balaban J connectivity index is 1.39. The number of hydrogen-bond acceptors (Lipinski definition) is 6. The maximum absolute atomic E-state index is 13.2. The SMILES string of the molecule is COCC1C(=O)N(Cc2ccc(-c3ccc(=O)[nH]c3)cc2)CCN1C(=O)COc1csc(Cl)c1. The molecule has 1 aliphatic heterocycles. The Morgan fingerprint density at radius 1 is 1.15 bits per heavy atom. The van der Waals surface area contributed by atoms with Gasteiger partial charge in [-0.05, 0) is 22.8 Å². The van der Waals surface area contributed by atoms with Crippen molar-refractivity contribution in [2.24, 2.45) is 0 Å². The van der Waals surface area contributed by atoms with Gasteiger partial charge in [-0.1, -0.05) is 35.9 Å². The molecule has 1 fully saturated rings. The molecule has 0 saturated carbocycles. The van der Waals surface area contributed by atoms with Crippen LogP contribution in [0.2, 0.25) is 4.34 Å². The molecule has 1 aromatic carbocycles. The Labute approximate surface area is 205 Å². The number of H-pyrrole nitrogens is 1. The van der Waals surface area contributed by atoms with E-state index in [4.69, 9.17) is 21.1 Å². The molecule has 10 heteroatoms. The minimum atomic E-state index is -0.707. The third-order valence-corrected chi connectivity index (χ3v) is 6.65. The Morgan fingerprint density at radius 2 is 1.91 bits per heavy atom. The molecule has 4 rings (SSSR count). The van der Waals surface area contributed by atoms with E-state index < -0.39 is 6.04 Å². The lowest BCUT2D eigenvalue weighted by Crippen LogP contribution is -2.60. The maximum Gasteiger partial charge on any atom is 0.261 e. The van der Waals surface area contributed by atoms with Crippen molar-refractivity contribution < 1.29 is 19.1 Å². The summed E-state index contributed by atoms with van der Waals surface area (Å²) in [6.07, 6.45) is 1.67. The minimum absolute atomic E-state index is 0.108. The molecule has 3 heterocycles. The van der Waals surface area contributed by atoms with E-state index >= 15 is 0 Å². The van der Waals surface area contributed by atoms with Crippen LogP contribution in [0.4, 0.5) is 0 Å². The fourth-order valence-corrected chi connectivity index (χ4v) is 4.61. The molecule has 2 amide bonds. The summed E-state index contributed by atoms with van der Waals surface area (Å²) in [6.45, 7) is 1.17. The number of nitrogens with one attached hydrogen (secondary N) is 1. The van der Waals surface area contributed by atoms with Gasteiger partial charge in [-0.25, -0.2) is 0 Å². The molecule has 1 aliphatic rings. The predicted molar refractivity (Wildman–Crippen MR) is 130 cm³/mol. The van der Waals surface area contributed by atoms with Gasteiger partial charge in [0.1, 0.15) is 11.8 Å². The highest BCUT2D eigenvalue weighted by atomic mass is 35.5. The zero-order valence-electron chi connectivity index (χ0n) is 18.5. The van der Waals surface area contributed by atoms with Crippen LogP contribution in [-0.2, 0) is 20.9 Å². The summed E-state index contributed by atoms with van der Waals surface area (Å²) in [5, 5.41) is 1.73. The molecular formula is C24H24ClN3O5S. The number of thiophene rings is 1. The van der Waals surface area contributed by atoms with Crippen LogP contribution in [0.15, 0.2) is 58.8 Å². The number of nitrogens with zero attached hydrogens (tertiary/aromatic N) is 2. The number of carbonyl (C=O) groups is 2. The molecule has 2 aromatic heterocycles. The van der Waals surface area contributed by atoms with Crippen molar-refractivity contribution in [3.8, 4) is 16.9 Å². The van der Waals surface area contributed by atoms with Gasteiger partial charge in [0.2, 0.25) is 11.5 Å². The van der Waals surface area contributed by atoms with Gasteiger partial charge in [0.05, 0.1) is 10.9 Å². The van der Waals surface area contributed by atoms with E-state index in [-0.39, 0.29) is 30.6 Å². The van der Waals surface area contributed by atoms with Crippen LogP contribution in [0.5, 0.6) is 5.75 Å². The second kappa shape index (κ2) is 10.9. The average Bonchev–Trinajstić information content (AvgIpc) is 3.26. The van der Waals surface area contributed by atoms with E-state index in [9.17, 15) is 14.4 Å². The first-order valence-corrected chi connectivity index (χ1v) is 11.9. The summed E-state index contributed by atoms with van der Waals surface area (Å²) in [7, 11) is 1.51. The number of carbonyl (C=O) groups excluding carboxylic acids is 2. The van der Waals surface area contributed by atoms with Crippen LogP contribution < -0.4 is 10.3 Å². The predicted octanol–water partition coefficient (Wildman–Crippen LogP) is 3.02. The first kappa shape index (κ1) is 24.0. The highest BCUT2D eigenvalue weighted by Crippen LogP contribution is 2.26. The Morgan fingerprint density at radius 3 is 2.56 bits per heavy atom. The van der Waals surface area contributed by atoms with E-state index in [0.717, 1.165) is 16.7 Å². The molecule has 1 unspecified atom stereocenters. The average molecular weight is 502 g/mol. The minimum Gasteiger partial charge on any atom is -0.483 e. The van der Waals surface area contributed by atoms with Gasteiger partial charge in [-0.2, -0.15) is 0 Å². The van der Waals surface area contributed by atoms with Crippen LogP contribution >= 0.6 is 22.9 Å². The van der Waals surface area contributed by atoms with Gasteiger partial charge in [-0.3, -0.25) is 14.4 Å². The van der Waals surface area contributed by atoms with Crippen LogP contribution in [0.3, 0.4) is 0 Å². The summed E-state index contributed by atoms with van der Waals surface area (Å²) in [5.41, 5.74) is 2.69. The molecule has 0 spiro atoms. The summed E-state index contributed by atoms with van der Waals surface area (Å²) in [6, 6.07) is 12.0. The van der Waals surface area contributed by atoms with Crippen molar-refractivity contribution >= 4 is 34.8 Å². The number of aromatic amines is 1. The third kappa shape index (κ3) is 5.67. The number of hydrogen-bond donors (Lipinski definition) is 1. The fraction of sp³-hybridized carbons (Fsp3) is 0.292.